The number of benzene rings is 2. The van der Waals surface area contributed by atoms with E-state index in [1.54, 1.807) is 26.0 Å². The van der Waals surface area contributed by atoms with Gasteiger partial charge in [0.15, 0.2) is 0 Å². The lowest BCUT2D eigenvalue weighted by Gasteiger charge is -2.38. The largest absolute Gasteiger partial charge is 0.506 e. The Hall–Kier alpha value is -4.92. The molecule has 15 heteroatoms. The third kappa shape index (κ3) is 11.4. The van der Waals surface area contributed by atoms with Gasteiger partial charge in [-0.15, -0.1) is 0 Å². The van der Waals surface area contributed by atoms with E-state index in [1.165, 1.54) is 23.1 Å². The Balaban J connectivity index is 1.20. The molecule has 5 rings (SSSR count). The first-order valence-electron chi connectivity index (χ1n) is 19.7. The summed E-state index contributed by atoms with van der Waals surface area (Å²) in [6.07, 6.45) is 6.85. The zero-order valence-corrected chi connectivity index (χ0v) is 34.8. The van der Waals surface area contributed by atoms with Crippen molar-refractivity contribution in [1.29, 1.82) is 0 Å². The Labute approximate surface area is 344 Å². The molecule has 0 aliphatic carbocycles. The molecule has 58 heavy (non-hydrogen) atoms. The first-order chi connectivity index (χ1) is 27.4. The monoisotopic (exact) mass is 821 g/mol. The van der Waals surface area contributed by atoms with Crippen LogP contribution >= 0.6 is 11.6 Å². The first kappa shape index (κ1) is 44.2. The molecule has 2 fully saturated rings. The Bertz CT molecular complexity index is 1950. The van der Waals surface area contributed by atoms with Crippen molar-refractivity contribution in [3.63, 3.8) is 0 Å². The van der Waals surface area contributed by atoms with E-state index in [-0.39, 0.29) is 41.7 Å². The highest BCUT2D eigenvalue weighted by molar-refractivity contribution is 6.32. The SMILES string of the molecule is CC(CC/C=C/C(=O)N1[C@H](Cc2ccc(O)c(Cl)c2)C(=O)N[C@@H]1C(C)(C)C(=O)NC(CC(C)(C)C)C(=O)O)C1OC1c1ccc(Cn2cc(COCCC=O)[nH]2)cc1. The molecule has 2 aliphatic heterocycles. The second kappa shape index (κ2) is 18.8. The van der Waals surface area contributed by atoms with Gasteiger partial charge >= 0.3 is 5.97 Å². The summed E-state index contributed by atoms with van der Waals surface area (Å²) in [6.45, 7) is 12.4. The number of carboxylic acids is 1. The number of nitrogens with zero attached hydrogens (tertiary/aromatic N) is 2. The molecule has 1 aromatic heterocycles. The Morgan fingerprint density at radius 3 is 2.40 bits per heavy atom. The molecule has 4 unspecified atom stereocenters. The zero-order valence-electron chi connectivity index (χ0n) is 34.0. The van der Waals surface area contributed by atoms with E-state index in [2.05, 4.69) is 46.9 Å². The molecule has 3 heterocycles. The molecule has 314 valence electrons. The molecule has 0 radical (unpaired) electrons. The number of carbonyl (C=O) groups excluding carboxylic acids is 4. The molecule has 0 bridgehead atoms. The predicted octanol–water partition coefficient (Wildman–Crippen LogP) is 5.67. The zero-order chi connectivity index (χ0) is 42.4. The number of epoxide rings is 1. The van der Waals surface area contributed by atoms with Gasteiger partial charge in [-0.2, -0.15) is 0 Å². The Morgan fingerprint density at radius 1 is 1.07 bits per heavy atom. The lowest BCUT2D eigenvalue weighted by Crippen LogP contribution is -2.59. The topological polar surface area (TPSA) is 196 Å². The highest BCUT2D eigenvalue weighted by atomic mass is 35.5. The predicted molar refractivity (Wildman–Crippen MR) is 217 cm³/mol. The summed E-state index contributed by atoms with van der Waals surface area (Å²) < 4.78 is 13.5. The van der Waals surface area contributed by atoms with Crippen molar-refractivity contribution in [2.24, 2.45) is 16.7 Å². The van der Waals surface area contributed by atoms with Crippen molar-refractivity contribution in [2.75, 3.05) is 6.61 Å². The number of hydrogen-bond acceptors (Lipinski definition) is 8. The summed E-state index contributed by atoms with van der Waals surface area (Å²) >= 11 is 6.16. The fourth-order valence-corrected chi connectivity index (χ4v) is 7.45. The van der Waals surface area contributed by atoms with Gasteiger partial charge in [-0.1, -0.05) is 75.7 Å². The summed E-state index contributed by atoms with van der Waals surface area (Å²) in [5.74, 6) is -2.69. The summed E-state index contributed by atoms with van der Waals surface area (Å²) in [6, 6.07) is 10.7. The molecule has 5 N–H and O–H groups in total. The summed E-state index contributed by atoms with van der Waals surface area (Å²) in [4.78, 5) is 65.3. The van der Waals surface area contributed by atoms with Crippen molar-refractivity contribution in [3.8, 4) is 5.75 Å². The number of phenols is 1. The second-order valence-corrected chi connectivity index (χ2v) is 17.5. The number of aldehydes is 1. The first-order valence-corrected chi connectivity index (χ1v) is 20.1. The number of aromatic amines is 1. The highest BCUT2D eigenvalue weighted by Crippen LogP contribution is 2.44. The average molecular weight is 822 g/mol. The molecule has 3 amide bonds. The number of ether oxygens (including phenoxy) is 2. The van der Waals surface area contributed by atoms with Crippen molar-refractivity contribution in [1.82, 2.24) is 25.3 Å². The van der Waals surface area contributed by atoms with Gasteiger partial charge in [0.25, 0.3) is 0 Å². The van der Waals surface area contributed by atoms with E-state index in [4.69, 9.17) is 21.1 Å². The van der Waals surface area contributed by atoms with Crippen molar-refractivity contribution >= 4 is 41.6 Å². The van der Waals surface area contributed by atoms with Crippen LogP contribution < -0.4 is 10.6 Å². The number of aromatic nitrogens is 2. The van der Waals surface area contributed by atoms with E-state index < -0.39 is 52.8 Å². The lowest BCUT2D eigenvalue weighted by molar-refractivity contribution is -0.147. The van der Waals surface area contributed by atoms with E-state index in [0.29, 0.717) is 38.2 Å². The minimum atomic E-state index is -1.43. The molecule has 14 nitrogen and oxygen atoms in total. The standard InChI is InChI=1S/C43H56ClN5O9/c1-26(36-37(58-36)29-15-12-27(13-16-29)23-48-24-30(47-48)25-57-19-9-18-50)10-7-8-11-35(52)49-33(21-28-14-17-34(51)31(44)20-28)38(53)46-40(49)43(5,6)41(56)45-32(39(54)55)22-42(2,3)4/h8,11-18,20,24,26,32-33,36-37,40,47,51H,7,9-10,19,21-23,25H2,1-6H3,(H,45,56)(H,46,53)(H,54,55)/b11-8+/t26?,32?,33-,36?,37?,40+/m1/s1. The van der Waals surface area contributed by atoms with E-state index in [0.717, 1.165) is 29.5 Å². The molecule has 2 saturated heterocycles. The fraction of sp³-hybridized carbons (Fsp3) is 0.512. The van der Waals surface area contributed by atoms with Gasteiger partial charge in [-0.3, -0.25) is 24.2 Å². The van der Waals surface area contributed by atoms with E-state index in [1.807, 2.05) is 31.6 Å². The number of hydrogen-bond donors (Lipinski definition) is 5. The van der Waals surface area contributed by atoms with Crippen LogP contribution in [0.25, 0.3) is 0 Å². The van der Waals surface area contributed by atoms with Gasteiger partial charge in [0.2, 0.25) is 17.7 Å². The third-order valence-corrected chi connectivity index (χ3v) is 10.9. The maximum atomic E-state index is 14.0. The molecule has 3 aromatic rings. The third-order valence-electron chi connectivity index (χ3n) is 10.6. The average Bonchev–Trinajstić information content (AvgIpc) is 3.88. The molecule has 6 atom stereocenters. The number of nitrogens with one attached hydrogen (secondary N) is 3. The second-order valence-electron chi connectivity index (χ2n) is 17.1. The molecule has 0 spiro atoms. The van der Waals surface area contributed by atoms with Gasteiger partial charge in [-0.05, 0) is 79.3 Å². The molecule has 2 aliphatic rings. The number of allylic oxidation sites excluding steroid dienone is 1. The summed E-state index contributed by atoms with van der Waals surface area (Å²) in [7, 11) is 0. The smallest absolute Gasteiger partial charge is 0.326 e. The van der Waals surface area contributed by atoms with Crippen molar-refractivity contribution in [3.05, 3.63) is 88.2 Å². The Morgan fingerprint density at radius 2 is 1.76 bits per heavy atom. The summed E-state index contributed by atoms with van der Waals surface area (Å²) in [5, 5.41) is 28.6. The van der Waals surface area contributed by atoms with Crippen LogP contribution in [0.2, 0.25) is 5.02 Å². The number of carboxylic acid groups (broad SMARTS) is 1. The van der Waals surface area contributed by atoms with Gasteiger partial charge in [0.1, 0.15) is 36.4 Å². The van der Waals surface area contributed by atoms with Crippen molar-refractivity contribution in [2.45, 2.75) is 117 Å². The number of amides is 3. The molecule has 0 saturated carbocycles. The van der Waals surface area contributed by atoms with Crippen LogP contribution in [0.1, 0.15) is 95.7 Å². The van der Waals surface area contributed by atoms with Gasteiger partial charge in [-0.25, -0.2) is 4.79 Å². The lowest BCUT2D eigenvalue weighted by atomic mass is 9.85. The summed E-state index contributed by atoms with van der Waals surface area (Å²) in [5.41, 5.74) is 1.96. The van der Waals surface area contributed by atoms with Gasteiger partial charge in [0.05, 0.1) is 42.0 Å². The molecular weight excluding hydrogens is 766 g/mol. The van der Waals surface area contributed by atoms with Crippen LogP contribution in [0.5, 0.6) is 5.75 Å². The maximum absolute atomic E-state index is 14.0. The fourth-order valence-electron chi connectivity index (χ4n) is 7.25. The minimum absolute atomic E-state index is 0.0130. The van der Waals surface area contributed by atoms with Crippen LogP contribution in [0.3, 0.4) is 0 Å². The van der Waals surface area contributed by atoms with Gasteiger partial charge < -0.3 is 40.0 Å². The number of carbonyl (C=O) groups is 5. The number of rotatable bonds is 20. The number of phenolic OH excluding ortho intramolecular Hbond substituents is 1. The van der Waals surface area contributed by atoms with Gasteiger partial charge in [0, 0.05) is 19.0 Å². The quantitative estimate of drug-likeness (QED) is 0.0413. The highest BCUT2D eigenvalue weighted by Gasteiger charge is 2.52. The maximum Gasteiger partial charge on any atom is 0.326 e. The van der Waals surface area contributed by atoms with Crippen LogP contribution in [0.4, 0.5) is 0 Å². The van der Waals surface area contributed by atoms with E-state index >= 15 is 0 Å². The van der Waals surface area contributed by atoms with Crippen LogP contribution in [-0.2, 0) is 53.0 Å². The molecule has 2 aromatic carbocycles. The molecular formula is C43H56ClN5O9. The number of H-pyrrole nitrogens is 1. The van der Waals surface area contributed by atoms with Crippen LogP contribution in [-0.4, -0.2) is 85.8 Å². The van der Waals surface area contributed by atoms with Crippen LogP contribution in [0, 0.1) is 16.7 Å². The number of aromatic hydroxyl groups is 1. The number of halogens is 1. The minimum Gasteiger partial charge on any atom is -0.506 e. The Kier molecular flexibility index (Phi) is 14.3. The van der Waals surface area contributed by atoms with Crippen LogP contribution in [0.15, 0.2) is 60.8 Å². The number of aliphatic carboxylic acids is 1. The normalized spacial score (nSPS) is 20.5. The van der Waals surface area contributed by atoms with E-state index in [9.17, 15) is 34.2 Å². The van der Waals surface area contributed by atoms with Crippen molar-refractivity contribution < 1.29 is 43.7 Å².